The van der Waals surface area contributed by atoms with Crippen LogP contribution < -0.4 is 4.74 Å². The molecular weight excluding hydrogens is 438 g/mol. The van der Waals surface area contributed by atoms with E-state index in [-0.39, 0.29) is 17.9 Å². The average Bonchev–Trinajstić information content (AvgIpc) is 2.90. The van der Waals surface area contributed by atoms with Crippen molar-refractivity contribution in [3.8, 4) is 17.6 Å². The van der Waals surface area contributed by atoms with Gasteiger partial charge in [-0.05, 0) is 80.3 Å². The molecule has 0 spiro atoms. The maximum atomic E-state index is 12.5. The van der Waals surface area contributed by atoms with Crippen LogP contribution >= 0.6 is 0 Å². The molecule has 1 heterocycles. The third-order valence-electron chi connectivity index (χ3n) is 6.65. The topological polar surface area (TPSA) is 65.5 Å². The Hall–Kier alpha value is -3.13. The SMILES string of the molecule is CCCCCCCOC(=O)c1ccc(C#Cc2ccc(OC(=O)C3CCC(CC)CC3)cc2)nc1. The molecule has 0 N–H and O–H groups in total. The molecule has 1 aliphatic carbocycles. The fourth-order valence-electron chi connectivity index (χ4n) is 4.29. The molecule has 0 atom stereocenters. The second-order valence-electron chi connectivity index (χ2n) is 9.30. The molecule has 1 aromatic carbocycles. The summed E-state index contributed by atoms with van der Waals surface area (Å²) in [4.78, 5) is 28.8. The van der Waals surface area contributed by atoms with Crippen LogP contribution in [-0.4, -0.2) is 23.5 Å². The van der Waals surface area contributed by atoms with E-state index in [0.717, 1.165) is 50.0 Å². The number of benzene rings is 1. The second-order valence-corrected chi connectivity index (χ2v) is 9.30. The van der Waals surface area contributed by atoms with Crippen molar-refractivity contribution in [2.75, 3.05) is 6.61 Å². The Balaban J connectivity index is 1.45. The number of carbonyl (C=O) groups is 2. The number of hydrogen-bond donors (Lipinski definition) is 0. The van der Waals surface area contributed by atoms with E-state index in [1.165, 1.54) is 31.9 Å². The van der Waals surface area contributed by atoms with Crippen molar-refractivity contribution in [2.45, 2.75) is 78.1 Å². The summed E-state index contributed by atoms with van der Waals surface area (Å²) in [6.45, 7) is 4.83. The molecule has 2 aromatic rings. The van der Waals surface area contributed by atoms with Crippen LogP contribution in [0.4, 0.5) is 0 Å². The van der Waals surface area contributed by atoms with Gasteiger partial charge in [-0.25, -0.2) is 9.78 Å². The van der Waals surface area contributed by atoms with E-state index in [2.05, 4.69) is 30.7 Å². The molecule has 5 heteroatoms. The second kappa shape index (κ2) is 14.3. The van der Waals surface area contributed by atoms with Gasteiger partial charge in [0.2, 0.25) is 0 Å². The highest BCUT2D eigenvalue weighted by atomic mass is 16.5. The molecule has 0 aliphatic heterocycles. The molecule has 0 saturated heterocycles. The van der Waals surface area contributed by atoms with Gasteiger partial charge in [-0.1, -0.05) is 51.9 Å². The fourth-order valence-corrected chi connectivity index (χ4v) is 4.29. The smallest absolute Gasteiger partial charge is 0.339 e. The largest absolute Gasteiger partial charge is 0.462 e. The number of esters is 2. The standard InChI is InChI=1S/C30H37NO4/c1-3-5-6-7-8-21-34-29(32)26-16-18-27(31-22-26)17-11-24-12-19-28(20-13-24)35-30(33)25-14-9-23(4-2)10-15-25/h12-13,16,18-20,22-23,25H,3-10,14-15,21H2,1-2H3. The van der Waals surface area contributed by atoms with Gasteiger partial charge in [-0.15, -0.1) is 0 Å². The van der Waals surface area contributed by atoms with E-state index in [0.29, 0.717) is 23.6 Å². The predicted octanol–water partition coefficient (Wildman–Crippen LogP) is 6.73. The summed E-state index contributed by atoms with van der Waals surface area (Å²) in [6, 6.07) is 10.6. The Morgan fingerprint density at radius 3 is 2.31 bits per heavy atom. The van der Waals surface area contributed by atoms with Crippen LogP contribution in [0.3, 0.4) is 0 Å². The molecule has 0 amide bonds. The lowest BCUT2D eigenvalue weighted by Gasteiger charge is -2.26. The summed E-state index contributed by atoms with van der Waals surface area (Å²) in [6.07, 6.45) is 12.3. The Morgan fingerprint density at radius 1 is 0.914 bits per heavy atom. The minimum Gasteiger partial charge on any atom is -0.462 e. The van der Waals surface area contributed by atoms with Gasteiger partial charge in [0, 0.05) is 11.8 Å². The number of rotatable bonds is 10. The van der Waals surface area contributed by atoms with Crippen molar-refractivity contribution in [1.29, 1.82) is 0 Å². The number of carbonyl (C=O) groups excluding carboxylic acids is 2. The predicted molar refractivity (Wildman–Crippen MR) is 137 cm³/mol. The van der Waals surface area contributed by atoms with Gasteiger partial charge >= 0.3 is 11.9 Å². The average molecular weight is 476 g/mol. The van der Waals surface area contributed by atoms with Crippen molar-refractivity contribution in [1.82, 2.24) is 4.98 Å². The Morgan fingerprint density at radius 2 is 1.66 bits per heavy atom. The van der Waals surface area contributed by atoms with Crippen molar-refractivity contribution in [3.05, 3.63) is 59.4 Å². The number of nitrogens with zero attached hydrogens (tertiary/aromatic N) is 1. The van der Waals surface area contributed by atoms with E-state index < -0.39 is 0 Å². The maximum absolute atomic E-state index is 12.5. The lowest BCUT2D eigenvalue weighted by molar-refractivity contribution is -0.140. The quantitative estimate of drug-likeness (QED) is 0.165. The van der Waals surface area contributed by atoms with E-state index >= 15 is 0 Å². The van der Waals surface area contributed by atoms with Crippen LogP contribution in [0.25, 0.3) is 0 Å². The first kappa shape index (κ1) is 26.5. The number of aromatic nitrogens is 1. The summed E-state index contributed by atoms with van der Waals surface area (Å²) >= 11 is 0. The van der Waals surface area contributed by atoms with Crippen LogP contribution in [0, 0.1) is 23.7 Å². The van der Waals surface area contributed by atoms with Gasteiger partial charge < -0.3 is 9.47 Å². The summed E-state index contributed by atoms with van der Waals surface area (Å²) in [5.74, 6) is 6.88. The fraction of sp³-hybridized carbons (Fsp3) is 0.500. The summed E-state index contributed by atoms with van der Waals surface area (Å²) in [5, 5.41) is 0. The lowest BCUT2D eigenvalue weighted by atomic mass is 9.81. The number of ether oxygens (including phenoxy) is 2. The first-order valence-electron chi connectivity index (χ1n) is 13.1. The van der Waals surface area contributed by atoms with Crippen molar-refractivity contribution in [2.24, 2.45) is 11.8 Å². The van der Waals surface area contributed by atoms with Gasteiger partial charge in [0.25, 0.3) is 0 Å². The minimum atomic E-state index is -0.351. The monoisotopic (exact) mass is 475 g/mol. The zero-order valence-corrected chi connectivity index (χ0v) is 21.1. The summed E-state index contributed by atoms with van der Waals surface area (Å²) in [5.41, 5.74) is 1.79. The highest BCUT2D eigenvalue weighted by Crippen LogP contribution is 2.31. The van der Waals surface area contributed by atoms with Crippen molar-refractivity contribution in [3.63, 3.8) is 0 Å². The van der Waals surface area contributed by atoms with E-state index in [1.54, 1.807) is 24.3 Å². The molecule has 1 fully saturated rings. The molecule has 3 rings (SSSR count). The first-order chi connectivity index (χ1) is 17.1. The minimum absolute atomic E-state index is 0.00870. The Kier molecular flexibility index (Phi) is 10.8. The van der Waals surface area contributed by atoms with Crippen molar-refractivity contribution >= 4 is 11.9 Å². The molecule has 1 saturated carbocycles. The summed E-state index contributed by atoms with van der Waals surface area (Å²) < 4.78 is 10.9. The molecule has 5 nitrogen and oxygen atoms in total. The first-order valence-corrected chi connectivity index (χ1v) is 13.1. The van der Waals surface area contributed by atoms with Crippen LogP contribution in [0.2, 0.25) is 0 Å². The maximum Gasteiger partial charge on any atom is 0.339 e. The lowest BCUT2D eigenvalue weighted by Crippen LogP contribution is -2.25. The van der Waals surface area contributed by atoms with Crippen molar-refractivity contribution < 1.29 is 19.1 Å². The van der Waals surface area contributed by atoms with E-state index in [9.17, 15) is 9.59 Å². The zero-order valence-electron chi connectivity index (χ0n) is 21.1. The van der Waals surface area contributed by atoms with Gasteiger partial charge in [-0.3, -0.25) is 4.79 Å². The van der Waals surface area contributed by atoms with E-state index in [4.69, 9.17) is 9.47 Å². The Bertz CT molecular complexity index is 993. The van der Waals surface area contributed by atoms with Gasteiger partial charge in [0.1, 0.15) is 11.4 Å². The van der Waals surface area contributed by atoms with Crippen LogP contribution in [0.1, 0.15) is 99.7 Å². The third kappa shape index (κ3) is 8.87. The zero-order chi connectivity index (χ0) is 24.9. The molecular formula is C30H37NO4. The normalized spacial score (nSPS) is 17.2. The van der Waals surface area contributed by atoms with Gasteiger partial charge in [0.05, 0.1) is 18.1 Å². The Labute approximate surface area is 209 Å². The van der Waals surface area contributed by atoms with Crippen LogP contribution in [0.15, 0.2) is 42.6 Å². The molecule has 0 bridgehead atoms. The highest BCUT2D eigenvalue weighted by Gasteiger charge is 2.26. The molecule has 1 aliphatic rings. The van der Waals surface area contributed by atoms with Crippen LogP contribution in [-0.2, 0) is 9.53 Å². The molecule has 0 unspecified atom stereocenters. The van der Waals surface area contributed by atoms with Crippen LogP contribution in [0.5, 0.6) is 5.75 Å². The van der Waals surface area contributed by atoms with Gasteiger partial charge in [-0.2, -0.15) is 0 Å². The molecule has 1 aromatic heterocycles. The molecule has 35 heavy (non-hydrogen) atoms. The molecule has 186 valence electrons. The highest BCUT2D eigenvalue weighted by molar-refractivity contribution is 5.89. The van der Waals surface area contributed by atoms with E-state index in [1.807, 2.05) is 12.1 Å². The number of unbranched alkanes of at least 4 members (excludes halogenated alkanes) is 4. The number of pyridine rings is 1. The molecule has 0 radical (unpaired) electrons. The third-order valence-corrected chi connectivity index (χ3v) is 6.65. The number of hydrogen-bond acceptors (Lipinski definition) is 5. The van der Waals surface area contributed by atoms with Gasteiger partial charge in [0.15, 0.2) is 0 Å². The summed E-state index contributed by atoms with van der Waals surface area (Å²) in [7, 11) is 0.